The highest BCUT2D eigenvalue weighted by molar-refractivity contribution is 6.17. The lowest BCUT2D eigenvalue weighted by Crippen LogP contribution is -2.61. The van der Waals surface area contributed by atoms with Crippen LogP contribution in [0.2, 0.25) is 0 Å². The second-order valence-electron chi connectivity index (χ2n) is 5.76. The first-order valence-electron chi connectivity index (χ1n) is 7.70. The zero-order valence-corrected chi connectivity index (χ0v) is 12.9. The summed E-state index contributed by atoms with van der Waals surface area (Å²) in [5.74, 6) is -1.86. The Kier molecular flexibility index (Phi) is 5.31. The zero-order valence-electron chi connectivity index (χ0n) is 12.9. The minimum absolute atomic E-state index is 0.0895. The summed E-state index contributed by atoms with van der Waals surface area (Å²) in [6.07, 6.45) is 11.6. The van der Waals surface area contributed by atoms with Gasteiger partial charge in [0.1, 0.15) is 5.92 Å². The summed E-state index contributed by atoms with van der Waals surface area (Å²) < 4.78 is 0. The van der Waals surface area contributed by atoms with E-state index >= 15 is 0 Å². The van der Waals surface area contributed by atoms with Crippen molar-refractivity contribution in [3.8, 4) is 0 Å². The van der Waals surface area contributed by atoms with Crippen molar-refractivity contribution in [2.75, 3.05) is 0 Å². The van der Waals surface area contributed by atoms with Crippen LogP contribution >= 0.6 is 0 Å². The van der Waals surface area contributed by atoms with Crippen LogP contribution in [0.1, 0.15) is 39.0 Å². The molecule has 1 N–H and O–H groups in total. The zero-order chi connectivity index (χ0) is 16.1. The van der Waals surface area contributed by atoms with Crippen LogP contribution in [0.3, 0.4) is 0 Å². The van der Waals surface area contributed by atoms with E-state index < -0.39 is 23.8 Å². The Morgan fingerprint density at radius 2 is 1.86 bits per heavy atom. The molecule has 0 aromatic carbocycles. The van der Waals surface area contributed by atoms with E-state index in [9.17, 15) is 14.4 Å². The molecule has 0 spiro atoms. The predicted octanol–water partition coefficient (Wildman–Crippen LogP) is 2.70. The number of carbonyl (C=O) groups excluding carboxylic acids is 3. The van der Waals surface area contributed by atoms with Crippen LogP contribution in [0.4, 0.5) is 4.79 Å². The van der Waals surface area contributed by atoms with Crippen molar-refractivity contribution in [2.45, 2.75) is 45.1 Å². The Morgan fingerprint density at radius 3 is 2.50 bits per heavy atom. The van der Waals surface area contributed by atoms with Crippen LogP contribution in [-0.2, 0) is 9.59 Å². The van der Waals surface area contributed by atoms with Crippen LogP contribution in [0.5, 0.6) is 0 Å². The number of nitrogens with one attached hydrogen (secondary N) is 1. The van der Waals surface area contributed by atoms with Crippen molar-refractivity contribution in [3.05, 3.63) is 36.5 Å². The number of allylic oxidation sites excluding steroid dienone is 4. The molecule has 0 bridgehead atoms. The van der Waals surface area contributed by atoms with Gasteiger partial charge in [0.05, 0.1) is 0 Å². The first kappa shape index (κ1) is 16.2. The van der Waals surface area contributed by atoms with Gasteiger partial charge < -0.3 is 0 Å². The van der Waals surface area contributed by atoms with Crippen molar-refractivity contribution >= 4 is 17.8 Å². The molecule has 1 saturated carbocycles. The van der Waals surface area contributed by atoms with Gasteiger partial charge in [-0.3, -0.25) is 19.8 Å². The van der Waals surface area contributed by atoms with E-state index in [0.717, 1.165) is 32.1 Å². The average molecular weight is 302 g/mol. The van der Waals surface area contributed by atoms with Gasteiger partial charge in [0.25, 0.3) is 0 Å². The SMILES string of the molecule is C=C/C=C\C=C(/C)C1C(=O)NC(=O)N(C2CCCCC2)C1=O. The highest BCUT2D eigenvalue weighted by Gasteiger charge is 2.44. The molecule has 1 atom stereocenters. The molecule has 2 rings (SSSR count). The Labute approximate surface area is 130 Å². The quantitative estimate of drug-likeness (QED) is 0.641. The molecule has 118 valence electrons. The van der Waals surface area contributed by atoms with Gasteiger partial charge in [0, 0.05) is 6.04 Å². The van der Waals surface area contributed by atoms with Crippen LogP contribution < -0.4 is 5.32 Å². The predicted molar refractivity (Wildman–Crippen MR) is 83.8 cm³/mol. The summed E-state index contributed by atoms with van der Waals surface area (Å²) in [4.78, 5) is 38.1. The Bertz CT molecular complexity index is 542. The standard InChI is InChI=1S/C17H22N2O3/c1-3-4-6-9-12(2)14-15(20)18-17(22)19(16(14)21)13-10-7-5-8-11-13/h3-4,6,9,13-14H,1,5,7-8,10-11H2,2H3,(H,18,20,22)/b6-4-,12-9+. The second-order valence-corrected chi connectivity index (χ2v) is 5.76. The largest absolute Gasteiger partial charge is 0.331 e. The summed E-state index contributed by atoms with van der Waals surface area (Å²) in [6.45, 7) is 5.29. The van der Waals surface area contributed by atoms with Crippen molar-refractivity contribution in [3.63, 3.8) is 0 Å². The van der Waals surface area contributed by atoms with E-state index in [1.54, 1.807) is 31.2 Å². The third-order valence-corrected chi connectivity index (χ3v) is 4.20. The smallest absolute Gasteiger partial charge is 0.277 e. The van der Waals surface area contributed by atoms with E-state index in [4.69, 9.17) is 0 Å². The monoisotopic (exact) mass is 302 g/mol. The number of carbonyl (C=O) groups is 3. The molecule has 2 aliphatic rings. The maximum Gasteiger partial charge on any atom is 0.331 e. The Balaban J connectivity index is 2.23. The topological polar surface area (TPSA) is 66.5 Å². The van der Waals surface area contributed by atoms with E-state index in [2.05, 4.69) is 11.9 Å². The van der Waals surface area contributed by atoms with Crippen molar-refractivity contribution in [1.29, 1.82) is 0 Å². The summed E-state index contributed by atoms with van der Waals surface area (Å²) in [5, 5.41) is 2.32. The van der Waals surface area contributed by atoms with Gasteiger partial charge >= 0.3 is 6.03 Å². The number of rotatable bonds is 4. The molecule has 5 heteroatoms. The van der Waals surface area contributed by atoms with Gasteiger partial charge in [-0.25, -0.2) is 4.79 Å². The molecule has 1 aliphatic heterocycles. The molecule has 1 unspecified atom stereocenters. The maximum absolute atomic E-state index is 12.7. The fourth-order valence-electron chi connectivity index (χ4n) is 3.06. The molecule has 0 aromatic rings. The molecular formula is C17H22N2O3. The minimum atomic E-state index is -0.922. The van der Waals surface area contributed by atoms with E-state index in [1.165, 1.54) is 4.90 Å². The number of amides is 4. The van der Waals surface area contributed by atoms with Crippen LogP contribution in [-0.4, -0.2) is 28.8 Å². The van der Waals surface area contributed by atoms with Crippen molar-refractivity contribution in [2.24, 2.45) is 5.92 Å². The summed E-state index contributed by atoms with van der Waals surface area (Å²) >= 11 is 0. The van der Waals surface area contributed by atoms with Gasteiger partial charge in [-0.15, -0.1) is 0 Å². The third kappa shape index (κ3) is 3.35. The molecule has 0 radical (unpaired) electrons. The van der Waals surface area contributed by atoms with Gasteiger partial charge in [-0.05, 0) is 19.8 Å². The summed E-state index contributed by atoms with van der Waals surface area (Å²) in [5.41, 5.74) is 0.619. The van der Waals surface area contributed by atoms with E-state index in [1.807, 2.05) is 0 Å². The average Bonchev–Trinajstić information content (AvgIpc) is 2.48. The molecule has 1 saturated heterocycles. The molecular weight excluding hydrogens is 280 g/mol. The first-order valence-corrected chi connectivity index (χ1v) is 7.70. The number of hydrogen-bond donors (Lipinski definition) is 1. The molecule has 22 heavy (non-hydrogen) atoms. The Morgan fingerprint density at radius 1 is 1.18 bits per heavy atom. The van der Waals surface area contributed by atoms with Gasteiger partial charge in [0.2, 0.25) is 11.8 Å². The van der Waals surface area contributed by atoms with Crippen LogP contribution in [0.15, 0.2) is 36.5 Å². The van der Waals surface area contributed by atoms with Crippen LogP contribution in [0.25, 0.3) is 0 Å². The van der Waals surface area contributed by atoms with Crippen molar-refractivity contribution < 1.29 is 14.4 Å². The Hall–Kier alpha value is -2.17. The number of barbiturate groups is 1. The lowest BCUT2D eigenvalue weighted by Gasteiger charge is -2.37. The molecule has 5 nitrogen and oxygen atoms in total. The number of urea groups is 1. The minimum Gasteiger partial charge on any atom is -0.277 e. The fourth-order valence-corrected chi connectivity index (χ4v) is 3.06. The van der Waals surface area contributed by atoms with Gasteiger partial charge in [-0.2, -0.15) is 0 Å². The maximum atomic E-state index is 12.7. The number of nitrogens with zero attached hydrogens (tertiary/aromatic N) is 1. The normalized spacial score (nSPS) is 24.8. The fraction of sp³-hybridized carbons (Fsp3) is 0.471. The van der Waals surface area contributed by atoms with Crippen molar-refractivity contribution in [1.82, 2.24) is 10.2 Å². The number of hydrogen-bond acceptors (Lipinski definition) is 3. The highest BCUT2D eigenvalue weighted by atomic mass is 16.2. The lowest BCUT2D eigenvalue weighted by molar-refractivity contribution is -0.142. The summed E-state index contributed by atoms with van der Waals surface area (Å²) in [7, 11) is 0. The summed E-state index contributed by atoms with van der Waals surface area (Å²) in [6, 6.07) is -0.666. The molecule has 0 aromatic heterocycles. The lowest BCUT2D eigenvalue weighted by atomic mass is 9.90. The molecule has 2 fully saturated rings. The third-order valence-electron chi connectivity index (χ3n) is 4.20. The first-order chi connectivity index (χ1) is 10.6. The van der Waals surface area contributed by atoms with Crippen LogP contribution in [0, 0.1) is 5.92 Å². The molecule has 4 amide bonds. The van der Waals surface area contributed by atoms with Gasteiger partial charge in [-0.1, -0.05) is 55.7 Å². The second kappa shape index (κ2) is 7.20. The molecule has 1 heterocycles. The highest BCUT2D eigenvalue weighted by Crippen LogP contribution is 2.27. The van der Waals surface area contributed by atoms with Gasteiger partial charge in [0.15, 0.2) is 0 Å². The molecule has 1 aliphatic carbocycles. The van der Waals surface area contributed by atoms with E-state index in [0.29, 0.717) is 5.57 Å². The number of imide groups is 2. The van der Waals surface area contributed by atoms with E-state index in [-0.39, 0.29) is 6.04 Å².